The number of carbonyl (C=O) groups is 1. The second kappa shape index (κ2) is 16.7. The predicted octanol–water partition coefficient (Wildman–Crippen LogP) is 7.70. The number of likely N-dealkylation sites (N-methyl/N-ethyl adjacent to an activating group) is 1. The van der Waals surface area contributed by atoms with Crippen LogP contribution < -0.4 is 19.5 Å². The summed E-state index contributed by atoms with van der Waals surface area (Å²) in [7, 11) is 6.42. The van der Waals surface area contributed by atoms with Gasteiger partial charge < -0.3 is 34.3 Å². The van der Waals surface area contributed by atoms with Crippen LogP contribution in [0.15, 0.2) is 73.1 Å². The summed E-state index contributed by atoms with van der Waals surface area (Å²) in [4.78, 5) is 30.5. The first-order chi connectivity index (χ1) is 24.8. The zero-order chi connectivity index (χ0) is 35.9. The van der Waals surface area contributed by atoms with E-state index in [1.54, 1.807) is 17.0 Å². The number of methoxy groups -OCH3 is 3. The summed E-state index contributed by atoms with van der Waals surface area (Å²) in [5, 5.41) is 4.67. The van der Waals surface area contributed by atoms with Crippen molar-refractivity contribution in [1.82, 2.24) is 24.8 Å². The van der Waals surface area contributed by atoms with E-state index < -0.39 is 0 Å². The Hall–Kier alpha value is -4.51. The molecule has 1 atom stereocenters. The molecule has 1 aliphatic heterocycles. The standard InChI is InChI=1S/C39H44Cl2N6O4/c1-46(38(48)29-22-34(49-2)37(51-4)35(23-29)50-3)24-28(26-8-9-31(40)32(41)21-26)12-17-47-18-13-30(14-19-47)43-39-44-33-7-5-6-27(36(33)45-39)20-25-10-15-42-16-11-25/h5-11,15-16,21-23,28,30H,12-14,17-20,24H2,1-4H3,(H2,43,44,45). The highest BCUT2D eigenvalue weighted by atomic mass is 35.5. The second-order valence-corrected chi connectivity index (χ2v) is 13.8. The minimum Gasteiger partial charge on any atom is -0.493 e. The molecule has 1 aliphatic rings. The number of carbonyl (C=O) groups excluding carboxylic acids is 1. The Morgan fingerprint density at radius 2 is 1.71 bits per heavy atom. The Bertz CT molecular complexity index is 1920. The zero-order valence-electron chi connectivity index (χ0n) is 29.4. The Morgan fingerprint density at radius 1 is 0.980 bits per heavy atom. The van der Waals surface area contributed by atoms with E-state index >= 15 is 0 Å². The maximum atomic E-state index is 13.7. The van der Waals surface area contributed by atoms with Crippen molar-refractivity contribution in [2.45, 2.75) is 37.6 Å². The van der Waals surface area contributed by atoms with Gasteiger partial charge in [0.1, 0.15) is 0 Å². The lowest BCUT2D eigenvalue weighted by molar-refractivity contribution is 0.0781. The van der Waals surface area contributed by atoms with Gasteiger partial charge in [0.15, 0.2) is 11.5 Å². The Kier molecular flexibility index (Phi) is 11.9. The van der Waals surface area contributed by atoms with Crippen LogP contribution >= 0.6 is 23.2 Å². The lowest BCUT2D eigenvalue weighted by Crippen LogP contribution is -2.40. The SMILES string of the molecule is COc1cc(C(=O)N(C)CC(CCN2CCC(Nc3nc4c(Cc5ccncc5)cccc4[nH]3)CC2)c2ccc(Cl)c(Cl)c2)cc(OC)c1OC. The Morgan fingerprint density at radius 3 is 2.37 bits per heavy atom. The number of aromatic amines is 1. The number of hydrogen-bond donors (Lipinski definition) is 2. The molecule has 1 amide bonds. The van der Waals surface area contributed by atoms with E-state index in [1.807, 2.05) is 49.8 Å². The zero-order valence-corrected chi connectivity index (χ0v) is 30.9. The van der Waals surface area contributed by atoms with Crippen molar-refractivity contribution in [2.24, 2.45) is 0 Å². The quantitative estimate of drug-likeness (QED) is 0.120. The van der Waals surface area contributed by atoms with Gasteiger partial charge in [-0.05, 0) is 91.4 Å². The molecule has 1 saturated heterocycles. The number of rotatable bonds is 14. The number of nitrogens with one attached hydrogen (secondary N) is 2. The molecule has 1 unspecified atom stereocenters. The molecule has 5 aromatic rings. The Labute approximate surface area is 309 Å². The van der Waals surface area contributed by atoms with E-state index in [1.165, 1.54) is 32.5 Å². The molecule has 6 rings (SSSR count). The second-order valence-electron chi connectivity index (χ2n) is 13.0. The largest absolute Gasteiger partial charge is 0.493 e. The number of H-pyrrole nitrogens is 1. The molecule has 3 aromatic carbocycles. The summed E-state index contributed by atoms with van der Waals surface area (Å²) >= 11 is 12.8. The number of imidazole rings is 1. The van der Waals surface area contributed by atoms with Gasteiger partial charge in [-0.3, -0.25) is 9.78 Å². The fourth-order valence-electron chi connectivity index (χ4n) is 6.82. The minimum atomic E-state index is -0.152. The van der Waals surface area contributed by atoms with Crippen LogP contribution in [0, 0.1) is 0 Å². The van der Waals surface area contributed by atoms with Crippen LogP contribution in [-0.2, 0) is 6.42 Å². The van der Waals surface area contributed by atoms with Gasteiger partial charge in [-0.1, -0.05) is 41.4 Å². The van der Waals surface area contributed by atoms with Crippen LogP contribution in [0.3, 0.4) is 0 Å². The minimum absolute atomic E-state index is 0.0310. The number of fused-ring (bicyclic) bond motifs is 1. The van der Waals surface area contributed by atoms with Crippen LogP contribution in [0.4, 0.5) is 5.95 Å². The number of ether oxygens (including phenoxy) is 3. The number of likely N-dealkylation sites (tertiary alicyclic amines) is 1. The van der Waals surface area contributed by atoms with E-state index in [2.05, 4.69) is 38.4 Å². The molecule has 0 aliphatic carbocycles. The highest BCUT2D eigenvalue weighted by Gasteiger charge is 2.25. The van der Waals surface area contributed by atoms with Gasteiger partial charge in [0.25, 0.3) is 5.91 Å². The normalized spacial score (nSPS) is 14.3. The van der Waals surface area contributed by atoms with Crippen molar-refractivity contribution in [2.75, 3.05) is 59.9 Å². The summed E-state index contributed by atoms with van der Waals surface area (Å²) in [5.41, 5.74) is 5.91. The predicted molar refractivity (Wildman–Crippen MR) is 203 cm³/mol. The van der Waals surface area contributed by atoms with Crippen molar-refractivity contribution < 1.29 is 19.0 Å². The molecular weight excluding hydrogens is 687 g/mol. The molecule has 2 aromatic heterocycles. The van der Waals surface area contributed by atoms with Crippen molar-refractivity contribution >= 4 is 46.1 Å². The van der Waals surface area contributed by atoms with Gasteiger partial charge in [0.05, 0.1) is 42.4 Å². The number of piperidine rings is 1. The molecule has 0 radical (unpaired) electrons. The molecule has 0 bridgehead atoms. The molecule has 1 fully saturated rings. The fourth-order valence-corrected chi connectivity index (χ4v) is 7.13. The third-order valence-corrected chi connectivity index (χ3v) is 10.4. The number of nitrogens with zero attached hydrogens (tertiary/aromatic N) is 4. The van der Waals surface area contributed by atoms with Crippen LogP contribution in [0.2, 0.25) is 10.0 Å². The summed E-state index contributed by atoms with van der Waals surface area (Å²) in [6, 6.07) is 19.8. The topological polar surface area (TPSA) is 105 Å². The van der Waals surface area contributed by atoms with Gasteiger partial charge in [-0.2, -0.15) is 0 Å². The van der Waals surface area contributed by atoms with Gasteiger partial charge in [-0.25, -0.2) is 4.98 Å². The smallest absolute Gasteiger partial charge is 0.253 e. The molecule has 10 nitrogen and oxygen atoms in total. The molecule has 2 N–H and O–H groups in total. The van der Waals surface area contributed by atoms with Gasteiger partial charge >= 0.3 is 0 Å². The number of amides is 1. The monoisotopic (exact) mass is 730 g/mol. The van der Waals surface area contributed by atoms with Gasteiger partial charge in [-0.15, -0.1) is 0 Å². The lowest BCUT2D eigenvalue weighted by Gasteiger charge is -2.34. The van der Waals surface area contributed by atoms with E-state index in [-0.39, 0.29) is 11.8 Å². The fraction of sp³-hybridized carbons (Fsp3) is 0.359. The highest BCUT2D eigenvalue weighted by molar-refractivity contribution is 6.42. The lowest BCUT2D eigenvalue weighted by atomic mass is 9.94. The first kappa shape index (κ1) is 36.3. The number of benzene rings is 3. The average Bonchev–Trinajstić information content (AvgIpc) is 3.57. The van der Waals surface area contributed by atoms with E-state index in [9.17, 15) is 4.79 Å². The Balaban J connectivity index is 1.08. The maximum Gasteiger partial charge on any atom is 0.253 e. The van der Waals surface area contributed by atoms with Gasteiger partial charge in [0.2, 0.25) is 11.7 Å². The molecule has 3 heterocycles. The summed E-state index contributed by atoms with van der Waals surface area (Å²) < 4.78 is 16.4. The summed E-state index contributed by atoms with van der Waals surface area (Å²) in [5.74, 6) is 1.99. The van der Waals surface area contributed by atoms with Crippen molar-refractivity contribution in [1.29, 1.82) is 0 Å². The summed E-state index contributed by atoms with van der Waals surface area (Å²) in [6.07, 6.45) is 7.29. The number of anilines is 1. The molecule has 0 saturated carbocycles. The molecule has 12 heteroatoms. The van der Waals surface area contributed by atoms with E-state index in [0.29, 0.717) is 45.4 Å². The van der Waals surface area contributed by atoms with E-state index in [4.69, 9.17) is 42.4 Å². The molecule has 0 spiro atoms. The third kappa shape index (κ3) is 8.69. The van der Waals surface area contributed by atoms with Crippen molar-refractivity contribution in [3.05, 3.63) is 105 Å². The first-order valence-corrected chi connectivity index (χ1v) is 17.9. The summed E-state index contributed by atoms with van der Waals surface area (Å²) in [6.45, 7) is 3.28. The van der Waals surface area contributed by atoms with Crippen molar-refractivity contribution in [3.8, 4) is 17.2 Å². The number of halogens is 2. The maximum absolute atomic E-state index is 13.7. The average molecular weight is 732 g/mol. The van der Waals surface area contributed by atoms with Crippen molar-refractivity contribution in [3.63, 3.8) is 0 Å². The molecule has 268 valence electrons. The number of para-hydroxylation sites is 1. The van der Waals surface area contributed by atoms with E-state index in [0.717, 1.165) is 67.9 Å². The number of pyridine rings is 1. The molecular formula is C39H44Cl2N6O4. The number of aromatic nitrogens is 3. The number of hydrogen-bond acceptors (Lipinski definition) is 8. The van der Waals surface area contributed by atoms with Crippen LogP contribution in [0.25, 0.3) is 11.0 Å². The molecule has 51 heavy (non-hydrogen) atoms. The van der Waals surface area contributed by atoms with Crippen LogP contribution in [-0.4, -0.2) is 91.3 Å². The van der Waals surface area contributed by atoms with Crippen LogP contribution in [0.1, 0.15) is 52.2 Å². The highest BCUT2D eigenvalue weighted by Crippen LogP contribution is 2.39. The van der Waals surface area contributed by atoms with Gasteiger partial charge in [0, 0.05) is 56.6 Å². The first-order valence-electron chi connectivity index (χ1n) is 17.1. The van der Waals surface area contributed by atoms with Crippen LogP contribution in [0.5, 0.6) is 17.2 Å². The third-order valence-electron chi connectivity index (χ3n) is 9.63.